The van der Waals surface area contributed by atoms with E-state index in [4.69, 9.17) is 0 Å². The van der Waals surface area contributed by atoms with E-state index in [1.807, 2.05) is 36.3 Å². The van der Waals surface area contributed by atoms with E-state index in [-0.39, 0.29) is 0 Å². The monoisotopic (exact) mass is 158 g/mol. The molecule has 1 fully saturated rings. The molecule has 1 saturated carbocycles. The summed E-state index contributed by atoms with van der Waals surface area (Å²) in [5, 5.41) is 0. The van der Waals surface area contributed by atoms with Crippen molar-refractivity contribution in [2.45, 2.75) is 12.8 Å². The lowest BCUT2D eigenvalue weighted by atomic mass is 10.0. The van der Waals surface area contributed by atoms with Crippen molar-refractivity contribution in [3.8, 4) is 0 Å². The predicted molar refractivity (Wildman–Crippen MR) is 48.3 cm³/mol. The predicted octanol–water partition coefficient (Wildman–Crippen LogP) is 2.31. The first-order valence-electron chi connectivity index (χ1n) is 4.22. The van der Waals surface area contributed by atoms with Crippen molar-refractivity contribution in [1.82, 2.24) is 0 Å². The number of benzene rings is 1. The minimum Gasteiger partial charge on any atom is -0.233 e. The molecule has 0 N–H and O–H groups in total. The van der Waals surface area contributed by atoms with Crippen LogP contribution in [0.15, 0.2) is 30.3 Å². The van der Waals surface area contributed by atoms with Gasteiger partial charge in [-0.3, -0.25) is 0 Å². The van der Waals surface area contributed by atoms with Crippen molar-refractivity contribution in [3.05, 3.63) is 35.9 Å². The van der Waals surface area contributed by atoms with Crippen LogP contribution in [0, 0.1) is 5.92 Å². The molecule has 60 valence electrons. The van der Waals surface area contributed by atoms with Gasteiger partial charge in [-0.15, -0.1) is 0 Å². The zero-order valence-corrected chi connectivity index (χ0v) is 6.79. The van der Waals surface area contributed by atoms with Crippen LogP contribution in [0.2, 0.25) is 0 Å². The summed E-state index contributed by atoms with van der Waals surface area (Å²) in [6.07, 6.45) is 2.30. The zero-order valence-electron chi connectivity index (χ0n) is 6.79. The quantitative estimate of drug-likeness (QED) is 0.603. The largest absolute Gasteiger partial charge is 0.233 e. The van der Waals surface area contributed by atoms with Crippen LogP contribution in [-0.2, 0) is 4.79 Å². The highest BCUT2D eigenvalue weighted by atomic mass is 16.1. The summed E-state index contributed by atoms with van der Waals surface area (Å²) in [6, 6.07) is 9.81. The second-order valence-corrected chi connectivity index (χ2v) is 3.16. The molecule has 1 heteroatoms. The number of hydrogen-bond donors (Lipinski definition) is 0. The summed E-state index contributed by atoms with van der Waals surface area (Å²) in [6.45, 7) is 0. The van der Waals surface area contributed by atoms with Gasteiger partial charge in [0, 0.05) is 5.57 Å². The molecule has 0 saturated heterocycles. The van der Waals surface area contributed by atoms with Crippen LogP contribution in [0.3, 0.4) is 0 Å². The van der Waals surface area contributed by atoms with Gasteiger partial charge in [-0.2, -0.15) is 0 Å². The third kappa shape index (κ3) is 1.32. The van der Waals surface area contributed by atoms with Gasteiger partial charge in [-0.25, -0.2) is 4.79 Å². The number of carbonyl (C=O) groups excluding carboxylic acids is 1. The molecule has 0 amide bonds. The number of hydrogen-bond acceptors (Lipinski definition) is 1. The molecule has 1 nitrogen and oxygen atoms in total. The SMILES string of the molecule is O=C=C(c1ccccc1)C1CC1. The van der Waals surface area contributed by atoms with Gasteiger partial charge in [0.1, 0.15) is 5.94 Å². The summed E-state index contributed by atoms with van der Waals surface area (Å²) in [4.78, 5) is 10.6. The Bertz CT molecular complexity index is 316. The Hall–Kier alpha value is -1.33. The van der Waals surface area contributed by atoms with E-state index in [1.165, 1.54) is 0 Å². The molecule has 0 aromatic heterocycles. The van der Waals surface area contributed by atoms with Crippen LogP contribution in [0.1, 0.15) is 18.4 Å². The second-order valence-electron chi connectivity index (χ2n) is 3.16. The van der Waals surface area contributed by atoms with E-state index in [9.17, 15) is 4.79 Å². The Morgan fingerprint density at radius 1 is 1.25 bits per heavy atom. The lowest BCUT2D eigenvalue weighted by Gasteiger charge is -1.98. The van der Waals surface area contributed by atoms with Crippen LogP contribution >= 0.6 is 0 Å². The standard InChI is InChI=1S/C11H10O/c12-8-11(10-6-7-10)9-4-2-1-3-5-9/h1-5,10H,6-7H2. The Morgan fingerprint density at radius 2 is 1.92 bits per heavy atom. The molecular formula is C11H10O. The lowest BCUT2D eigenvalue weighted by Crippen LogP contribution is -1.86. The smallest absolute Gasteiger partial charge is 0.128 e. The second kappa shape index (κ2) is 2.96. The highest BCUT2D eigenvalue weighted by molar-refractivity contribution is 5.89. The van der Waals surface area contributed by atoms with Crippen molar-refractivity contribution in [1.29, 1.82) is 0 Å². The molecule has 0 heterocycles. The minimum atomic E-state index is 0.491. The topological polar surface area (TPSA) is 17.1 Å². The summed E-state index contributed by atoms with van der Waals surface area (Å²) >= 11 is 0. The van der Waals surface area contributed by atoms with Crippen molar-refractivity contribution in [3.63, 3.8) is 0 Å². The maximum absolute atomic E-state index is 10.6. The maximum atomic E-state index is 10.6. The number of rotatable bonds is 2. The Labute approximate surface area is 71.7 Å². The molecule has 0 spiro atoms. The normalized spacial score (nSPS) is 15.3. The van der Waals surface area contributed by atoms with Gasteiger partial charge in [0.25, 0.3) is 0 Å². The van der Waals surface area contributed by atoms with Gasteiger partial charge >= 0.3 is 0 Å². The average Bonchev–Trinajstić information content (AvgIpc) is 2.92. The summed E-state index contributed by atoms with van der Waals surface area (Å²) < 4.78 is 0. The Morgan fingerprint density at radius 3 is 2.42 bits per heavy atom. The van der Waals surface area contributed by atoms with Gasteiger partial charge < -0.3 is 0 Å². The van der Waals surface area contributed by atoms with Crippen LogP contribution in [-0.4, -0.2) is 5.94 Å². The fraction of sp³-hybridized carbons (Fsp3) is 0.273. The van der Waals surface area contributed by atoms with Gasteiger partial charge in [-0.05, 0) is 24.3 Å². The van der Waals surface area contributed by atoms with E-state index >= 15 is 0 Å². The van der Waals surface area contributed by atoms with Gasteiger partial charge in [-0.1, -0.05) is 30.3 Å². The minimum absolute atomic E-state index is 0.491. The van der Waals surface area contributed by atoms with Crippen molar-refractivity contribution < 1.29 is 4.79 Å². The van der Waals surface area contributed by atoms with Gasteiger partial charge in [0.05, 0.1) is 0 Å². The summed E-state index contributed by atoms with van der Waals surface area (Å²) in [7, 11) is 0. The first-order valence-corrected chi connectivity index (χ1v) is 4.22. The molecular weight excluding hydrogens is 148 g/mol. The van der Waals surface area contributed by atoms with Crippen LogP contribution in [0.25, 0.3) is 5.57 Å². The molecule has 1 aromatic carbocycles. The molecule has 1 aromatic rings. The maximum Gasteiger partial charge on any atom is 0.128 e. The third-order valence-corrected chi connectivity index (χ3v) is 2.18. The van der Waals surface area contributed by atoms with E-state index < -0.39 is 0 Å². The zero-order chi connectivity index (χ0) is 8.39. The molecule has 2 rings (SSSR count). The molecule has 0 unspecified atom stereocenters. The Kier molecular flexibility index (Phi) is 1.81. The fourth-order valence-electron chi connectivity index (χ4n) is 1.37. The Balaban J connectivity index is 2.34. The van der Waals surface area contributed by atoms with Gasteiger partial charge in [0.2, 0.25) is 0 Å². The summed E-state index contributed by atoms with van der Waals surface area (Å²) in [5.41, 5.74) is 1.89. The first kappa shape index (κ1) is 7.33. The van der Waals surface area contributed by atoms with Crippen molar-refractivity contribution >= 4 is 11.5 Å². The molecule has 12 heavy (non-hydrogen) atoms. The van der Waals surface area contributed by atoms with Crippen LogP contribution < -0.4 is 0 Å². The fourth-order valence-corrected chi connectivity index (χ4v) is 1.37. The van der Waals surface area contributed by atoms with E-state index in [1.54, 1.807) is 0 Å². The van der Waals surface area contributed by atoms with Crippen molar-refractivity contribution in [2.75, 3.05) is 0 Å². The van der Waals surface area contributed by atoms with Crippen molar-refractivity contribution in [2.24, 2.45) is 5.92 Å². The van der Waals surface area contributed by atoms with E-state index in [0.717, 1.165) is 24.0 Å². The number of allylic oxidation sites excluding steroid dienone is 1. The third-order valence-electron chi connectivity index (χ3n) is 2.18. The highest BCUT2D eigenvalue weighted by Gasteiger charge is 2.27. The van der Waals surface area contributed by atoms with Crippen LogP contribution in [0.5, 0.6) is 0 Å². The van der Waals surface area contributed by atoms with E-state index in [2.05, 4.69) is 0 Å². The lowest BCUT2D eigenvalue weighted by molar-refractivity contribution is 0.569. The molecule has 0 atom stereocenters. The highest BCUT2D eigenvalue weighted by Crippen LogP contribution is 2.40. The average molecular weight is 158 g/mol. The first-order chi connectivity index (χ1) is 5.92. The van der Waals surface area contributed by atoms with Gasteiger partial charge in [0.15, 0.2) is 0 Å². The molecule has 0 bridgehead atoms. The molecule has 0 radical (unpaired) electrons. The van der Waals surface area contributed by atoms with E-state index in [0.29, 0.717) is 5.92 Å². The molecule has 0 aliphatic heterocycles. The summed E-state index contributed by atoms with van der Waals surface area (Å²) in [5.74, 6) is 2.54. The molecule has 1 aliphatic carbocycles. The van der Waals surface area contributed by atoms with Crippen LogP contribution in [0.4, 0.5) is 0 Å². The molecule has 1 aliphatic rings.